The lowest BCUT2D eigenvalue weighted by atomic mass is 10.2. The molecule has 7 heteroatoms. The van der Waals surface area contributed by atoms with E-state index in [9.17, 15) is 9.59 Å². The van der Waals surface area contributed by atoms with Crippen LogP contribution in [0.2, 0.25) is 0 Å². The quantitative estimate of drug-likeness (QED) is 0.710. The number of thiazole rings is 1. The third-order valence-electron chi connectivity index (χ3n) is 3.21. The van der Waals surface area contributed by atoms with Crippen LogP contribution in [0, 0.1) is 5.92 Å². The standard InChI is InChI=1S/C17H17N3O3S/c1-11(2)9-20-10-12(8-18-20)6-15-17(22)19-16(24-15)7-13(21)14-4-3-5-23-14/h3-8,10-11H,9H2,1-2H3,(H,19,22)/b15-6+,16-7-. The zero-order chi connectivity index (χ0) is 17.1. The Hall–Kier alpha value is -2.67. The van der Waals surface area contributed by atoms with Crippen molar-refractivity contribution in [3.63, 3.8) is 0 Å². The summed E-state index contributed by atoms with van der Waals surface area (Å²) in [5.41, 5.74) is 0.627. The van der Waals surface area contributed by atoms with E-state index in [1.807, 2.05) is 10.9 Å². The van der Waals surface area contributed by atoms with Crippen molar-refractivity contribution in [2.24, 2.45) is 5.92 Å². The van der Waals surface area contributed by atoms with Crippen LogP contribution in [0.15, 0.2) is 40.0 Å². The Labute approximate surface area is 141 Å². The number of H-pyrrole nitrogens is 1. The average molecular weight is 343 g/mol. The molecule has 6 nitrogen and oxygen atoms in total. The first kappa shape index (κ1) is 16.2. The number of aromatic nitrogens is 3. The second kappa shape index (κ2) is 6.84. The molecule has 0 atom stereocenters. The molecule has 3 aromatic heterocycles. The zero-order valence-corrected chi connectivity index (χ0v) is 14.2. The van der Waals surface area contributed by atoms with Gasteiger partial charge in [-0.3, -0.25) is 14.3 Å². The van der Waals surface area contributed by atoms with Gasteiger partial charge in [-0.25, -0.2) is 0 Å². The van der Waals surface area contributed by atoms with Crippen LogP contribution in [0.25, 0.3) is 12.2 Å². The van der Waals surface area contributed by atoms with Crippen molar-refractivity contribution in [3.8, 4) is 0 Å². The lowest BCUT2D eigenvalue weighted by Gasteiger charge is -2.02. The van der Waals surface area contributed by atoms with Gasteiger partial charge in [0.1, 0.15) is 0 Å². The highest BCUT2D eigenvalue weighted by molar-refractivity contribution is 7.07. The first-order valence-corrected chi connectivity index (χ1v) is 8.36. The molecule has 0 saturated heterocycles. The first-order chi connectivity index (χ1) is 11.5. The second-order valence-corrected chi connectivity index (χ2v) is 6.89. The molecule has 0 amide bonds. The number of nitrogens with one attached hydrogen (secondary N) is 1. The van der Waals surface area contributed by atoms with E-state index in [1.54, 1.807) is 24.4 Å². The highest BCUT2D eigenvalue weighted by Gasteiger charge is 2.06. The lowest BCUT2D eigenvalue weighted by molar-refractivity contribution is 0.103. The molecule has 0 bridgehead atoms. The maximum atomic E-state index is 12.0. The van der Waals surface area contributed by atoms with Crippen molar-refractivity contribution >= 4 is 29.3 Å². The van der Waals surface area contributed by atoms with Gasteiger partial charge in [-0.15, -0.1) is 11.3 Å². The normalized spacial score (nSPS) is 13.1. The highest BCUT2D eigenvalue weighted by Crippen LogP contribution is 2.03. The molecule has 0 aliphatic heterocycles. The van der Waals surface area contributed by atoms with Crippen LogP contribution in [-0.4, -0.2) is 20.5 Å². The molecule has 0 aliphatic rings. The molecule has 0 fully saturated rings. The summed E-state index contributed by atoms with van der Waals surface area (Å²) in [5, 5.41) is 4.27. The number of rotatable bonds is 5. The van der Waals surface area contributed by atoms with E-state index in [0.29, 0.717) is 15.1 Å². The van der Waals surface area contributed by atoms with Crippen molar-refractivity contribution < 1.29 is 9.21 Å². The number of ketones is 1. The van der Waals surface area contributed by atoms with Crippen LogP contribution < -0.4 is 14.8 Å². The molecule has 0 spiro atoms. The number of furan rings is 1. The fraction of sp³-hybridized carbons (Fsp3) is 0.235. The minimum absolute atomic E-state index is 0.227. The van der Waals surface area contributed by atoms with Crippen molar-refractivity contribution in [1.82, 2.24) is 14.8 Å². The summed E-state index contributed by atoms with van der Waals surface area (Å²) in [7, 11) is 0. The van der Waals surface area contributed by atoms with E-state index < -0.39 is 0 Å². The van der Waals surface area contributed by atoms with E-state index in [0.717, 1.165) is 12.1 Å². The van der Waals surface area contributed by atoms with Gasteiger partial charge in [0.15, 0.2) is 5.76 Å². The summed E-state index contributed by atoms with van der Waals surface area (Å²) >= 11 is 1.22. The zero-order valence-electron chi connectivity index (χ0n) is 13.4. The maximum absolute atomic E-state index is 12.0. The van der Waals surface area contributed by atoms with Gasteiger partial charge >= 0.3 is 0 Å². The SMILES string of the molecule is CC(C)Cn1cc(/C=c2/s/c(=C\C(=O)c3ccco3)[nH]c2=O)cn1. The Morgan fingerprint density at radius 3 is 3.04 bits per heavy atom. The van der Waals surface area contributed by atoms with Crippen molar-refractivity contribution in [2.75, 3.05) is 0 Å². The fourth-order valence-corrected chi connectivity index (χ4v) is 3.10. The maximum Gasteiger partial charge on any atom is 0.266 e. The molecule has 3 aromatic rings. The number of hydrogen-bond acceptors (Lipinski definition) is 5. The molecule has 3 rings (SSSR count). The molecule has 1 N–H and O–H groups in total. The van der Waals surface area contributed by atoms with Crippen LogP contribution in [0.5, 0.6) is 0 Å². The molecule has 0 saturated carbocycles. The number of carbonyl (C=O) groups excluding carboxylic acids is 1. The summed E-state index contributed by atoms with van der Waals surface area (Å²) in [6.07, 6.45) is 8.19. The number of aromatic amines is 1. The Morgan fingerprint density at radius 1 is 1.50 bits per heavy atom. The molecule has 0 aromatic carbocycles. The minimum Gasteiger partial charge on any atom is -0.461 e. The summed E-state index contributed by atoms with van der Waals surface area (Å²) in [4.78, 5) is 26.7. The summed E-state index contributed by atoms with van der Waals surface area (Å²) < 4.78 is 7.91. The largest absolute Gasteiger partial charge is 0.461 e. The van der Waals surface area contributed by atoms with Crippen molar-refractivity contribution in [3.05, 3.63) is 61.7 Å². The predicted molar refractivity (Wildman–Crippen MR) is 92.3 cm³/mol. The molecule has 0 aliphatic carbocycles. The second-order valence-electron chi connectivity index (χ2n) is 5.80. The predicted octanol–water partition coefficient (Wildman–Crippen LogP) is 1.37. The van der Waals surface area contributed by atoms with E-state index in [1.165, 1.54) is 23.7 Å². The van der Waals surface area contributed by atoms with Gasteiger partial charge in [0.05, 0.1) is 21.7 Å². The Kier molecular flexibility index (Phi) is 4.61. The average Bonchev–Trinajstić information content (AvgIpc) is 3.22. The molecular formula is C17H17N3O3S. The minimum atomic E-state index is -0.284. The van der Waals surface area contributed by atoms with Crippen LogP contribution in [-0.2, 0) is 6.54 Å². The summed E-state index contributed by atoms with van der Waals surface area (Å²) in [6.45, 7) is 5.06. The smallest absolute Gasteiger partial charge is 0.266 e. The number of Topliss-reactive ketones (excluding diaryl/α,β-unsaturated/α-hetero) is 1. The number of nitrogens with zero attached hydrogens (tertiary/aromatic N) is 2. The molecule has 24 heavy (non-hydrogen) atoms. The van der Waals surface area contributed by atoms with Crippen LogP contribution in [0.1, 0.15) is 30.0 Å². The van der Waals surface area contributed by atoms with Gasteiger partial charge in [0.25, 0.3) is 5.56 Å². The number of carbonyl (C=O) groups is 1. The van der Waals surface area contributed by atoms with Gasteiger partial charge in [0, 0.05) is 24.4 Å². The van der Waals surface area contributed by atoms with Crippen molar-refractivity contribution in [2.45, 2.75) is 20.4 Å². The Bertz CT molecular complexity index is 1010. The van der Waals surface area contributed by atoms with Crippen LogP contribution in [0.3, 0.4) is 0 Å². The van der Waals surface area contributed by atoms with Gasteiger partial charge in [-0.05, 0) is 24.1 Å². The Balaban J connectivity index is 1.90. The topological polar surface area (TPSA) is 80.9 Å². The fourth-order valence-electron chi connectivity index (χ4n) is 2.21. The first-order valence-electron chi connectivity index (χ1n) is 7.54. The van der Waals surface area contributed by atoms with Gasteiger partial charge < -0.3 is 9.40 Å². The van der Waals surface area contributed by atoms with E-state index in [2.05, 4.69) is 23.9 Å². The van der Waals surface area contributed by atoms with E-state index in [4.69, 9.17) is 4.42 Å². The molecule has 0 unspecified atom stereocenters. The third-order valence-corrected chi connectivity index (χ3v) is 4.17. The van der Waals surface area contributed by atoms with Crippen molar-refractivity contribution in [1.29, 1.82) is 0 Å². The number of hydrogen-bond donors (Lipinski definition) is 1. The third kappa shape index (κ3) is 3.80. The van der Waals surface area contributed by atoms with Gasteiger partial charge in [-0.2, -0.15) is 5.10 Å². The van der Waals surface area contributed by atoms with E-state index >= 15 is 0 Å². The van der Waals surface area contributed by atoms with Gasteiger partial charge in [0.2, 0.25) is 5.78 Å². The summed E-state index contributed by atoms with van der Waals surface area (Å²) in [5.74, 6) is 0.454. The lowest BCUT2D eigenvalue weighted by Crippen LogP contribution is -2.19. The van der Waals surface area contributed by atoms with Gasteiger partial charge in [-0.1, -0.05) is 13.8 Å². The van der Waals surface area contributed by atoms with Crippen LogP contribution in [0.4, 0.5) is 0 Å². The molecular weight excluding hydrogens is 326 g/mol. The summed E-state index contributed by atoms with van der Waals surface area (Å²) in [6, 6.07) is 3.23. The Morgan fingerprint density at radius 2 is 2.33 bits per heavy atom. The highest BCUT2D eigenvalue weighted by atomic mass is 32.1. The molecule has 3 heterocycles. The monoisotopic (exact) mass is 343 g/mol. The molecule has 0 radical (unpaired) electrons. The van der Waals surface area contributed by atoms with E-state index in [-0.39, 0.29) is 17.1 Å². The van der Waals surface area contributed by atoms with Crippen LogP contribution >= 0.6 is 11.3 Å². The molecule has 124 valence electrons.